The number of aromatic hydroxyl groups is 2. The quantitative estimate of drug-likeness (QED) is 0.0426. The number of hydrogen-bond donors (Lipinski definition) is 15. The summed E-state index contributed by atoms with van der Waals surface area (Å²) >= 11 is 0.821. The number of nitrogens with zero attached hydrogens (tertiary/aromatic N) is 5. The molecule has 0 unspecified atom stereocenters. The first-order valence-electron chi connectivity index (χ1n) is 42.3. The van der Waals surface area contributed by atoms with Gasteiger partial charge in [-0.3, -0.25) is 76.7 Å². The third-order valence-electron chi connectivity index (χ3n) is 21.9. The van der Waals surface area contributed by atoms with E-state index in [9.17, 15) is 63.6 Å². The lowest BCUT2D eigenvalue weighted by molar-refractivity contribution is -0.151. The van der Waals surface area contributed by atoms with Gasteiger partial charge in [0.05, 0.1) is 37.9 Å². The fourth-order valence-corrected chi connectivity index (χ4v) is 15.7. The van der Waals surface area contributed by atoms with Crippen LogP contribution in [-0.2, 0) is 115 Å². The Labute approximate surface area is 751 Å². The fourth-order valence-electron chi connectivity index (χ4n) is 14.8. The number of rotatable bonds is 23. The third-order valence-corrected chi connectivity index (χ3v) is 22.9. The van der Waals surface area contributed by atoms with Gasteiger partial charge in [-0.25, -0.2) is 0 Å². The van der Waals surface area contributed by atoms with Gasteiger partial charge in [-0.05, 0) is 89.4 Å². The third kappa shape index (κ3) is 30.5. The molecule has 1 aliphatic heterocycles. The summed E-state index contributed by atoms with van der Waals surface area (Å²) in [5.74, 6) is -17.5. The highest BCUT2D eigenvalue weighted by molar-refractivity contribution is 8.00. The summed E-state index contributed by atoms with van der Waals surface area (Å²) in [6.45, 7) is 4.05. The van der Waals surface area contributed by atoms with Crippen molar-refractivity contribution in [3.8, 4) is 11.5 Å². The van der Waals surface area contributed by atoms with Crippen molar-refractivity contribution in [2.75, 3.05) is 66.4 Å². The number of likely N-dealkylation sites (N-methyl/N-ethyl adjacent to an activating group) is 5. The summed E-state index contributed by atoms with van der Waals surface area (Å²) in [6.07, 6.45) is -2.06. The molecule has 6 aromatic carbocycles. The second-order valence-corrected chi connectivity index (χ2v) is 33.6. The summed E-state index contributed by atoms with van der Waals surface area (Å²) in [5.41, 5.74) is 8.95. The van der Waals surface area contributed by atoms with E-state index in [0.29, 0.717) is 57.1 Å². The van der Waals surface area contributed by atoms with Crippen LogP contribution in [0.15, 0.2) is 170 Å². The Kier molecular flexibility index (Phi) is 38.1. The van der Waals surface area contributed by atoms with E-state index in [1.54, 1.807) is 135 Å². The van der Waals surface area contributed by atoms with Gasteiger partial charge in [-0.1, -0.05) is 167 Å². The average molecular weight is 1800 g/mol. The van der Waals surface area contributed by atoms with E-state index < -0.39 is 205 Å². The van der Waals surface area contributed by atoms with Crippen molar-refractivity contribution < 1.29 is 97.1 Å². The molecule has 0 radical (unpaired) electrons. The highest BCUT2D eigenvalue weighted by Crippen LogP contribution is 2.24. The normalized spacial score (nSPS) is 22.1. The lowest BCUT2D eigenvalue weighted by Gasteiger charge is -2.37. The van der Waals surface area contributed by atoms with Crippen LogP contribution in [-0.4, -0.2) is 283 Å². The van der Waals surface area contributed by atoms with Crippen LogP contribution in [0.25, 0.3) is 10.9 Å². The van der Waals surface area contributed by atoms with Crippen molar-refractivity contribution in [2.45, 2.75) is 171 Å². The number of carbonyl (C=O) groups excluding carboxylic acids is 15. The minimum atomic E-state index is -2.02. The number of nitrogens with two attached hydrogens (primary N) is 1. The number of aliphatic carboxylic acids is 1. The molecule has 0 aliphatic carbocycles. The molecule has 690 valence electrons. The van der Waals surface area contributed by atoms with Crippen molar-refractivity contribution >= 4 is 117 Å². The van der Waals surface area contributed by atoms with Crippen LogP contribution in [0.2, 0.25) is 0 Å². The summed E-state index contributed by atoms with van der Waals surface area (Å²) in [6, 6.07) is 25.9. The van der Waals surface area contributed by atoms with Crippen LogP contribution < -0.4 is 53.6 Å². The fraction of sp³-hybridized carbons (Fsp3) is 0.413. The number of aliphatic hydroxyl groups is 1. The molecule has 7 aromatic rings. The molecule has 129 heavy (non-hydrogen) atoms. The summed E-state index contributed by atoms with van der Waals surface area (Å²) in [4.78, 5) is 242. The van der Waals surface area contributed by atoms with Crippen LogP contribution in [0.4, 0.5) is 0 Å². The molecule has 0 bridgehead atoms. The standard InChI is InChI=1S/C92H116N16O20S/c1-10-11-31-73-90(126)105(6)51-78(114)97-69(47-80(116)117)86(122)103-81(55(4)109)92(128)107(8)74(44-57-25-17-13-18-26-57)87(123)101-70(43-60-34-38-63(111)39-35-60)88(124)104(5)50-77(113)96-68(46-61-48-94-65-30-22-21-29-64(61)65)85(121)100-67(41-59-32-36-62(110)37-33-59)84(120)99-66(40-54(2)3)83(119)102-72(82(118)95-49-76(93)112)52-129-53-79(115)98-71(42-56-23-15-12-16-24-56)89(125)108(9)75(91(127)106(73)7)45-58-27-19-14-20-28-58/h12-30,32-39,48,54-55,66-75,81,94,109-111H,10-11,31,40-47,49-53H2,1-9H3,(H2,93,112)(H,95,118)(H,96,113)(H,97,114)(H,98,115)(H,99,120)(H,100,121)(H,101,123)(H,102,119)(H,103,122)(H,116,117)/t55-,66+,67+,68+,69+,70+,71+,72+,73+,74-,75-,81+/m1/s1. The minimum absolute atomic E-state index is 0.00623. The first kappa shape index (κ1) is 101. The SMILES string of the molecule is CCCC[C@H]1C(=O)N(C)CC(=O)N[C@@H](CC(=O)O)C(=O)N[C@@H]([C@@H](C)O)C(=O)N(C)[C@H](Cc2ccccc2)C(=O)N[C@@H](Cc2ccc(O)cc2)C(=O)N(C)CC(=O)N[C@@H](Cc2c[nH]c3ccccc23)C(=O)N[C@@H](Cc2ccc(O)cc2)C(=O)N[C@@H](CC(C)C)C(=O)N[C@H](C(=O)NCC(N)=O)CSCC(=O)N[C@@H](Cc2ccccc2)C(=O)N(C)[C@H](Cc2ccccc2)C(=O)N1C. The van der Waals surface area contributed by atoms with Crippen LogP contribution in [0.3, 0.4) is 0 Å². The number of hydrogen-bond acceptors (Lipinski definition) is 20. The Hall–Kier alpha value is -13.7. The Balaban J connectivity index is 1.21. The monoisotopic (exact) mass is 1800 g/mol. The number of carboxylic acid groups (broad SMARTS) is 1. The highest BCUT2D eigenvalue weighted by Gasteiger charge is 2.43. The molecular formula is C92H116N16O20S. The Morgan fingerprint density at radius 1 is 0.465 bits per heavy atom. The number of nitrogens with one attached hydrogen (secondary N) is 10. The molecule has 1 saturated heterocycles. The largest absolute Gasteiger partial charge is 0.508 e. The number of primary amides is 1. The number of aliphatic hydroxyl groups excluding tert-OH is 1. The predicted molar refractivity (Wildman–Crippen MR) is 479 cm³/mol. The van der Waals surface area contributed by atoms with E-state index >= 15 is 33.6 Å². The number of amides is 15. The number of thioether (sulfide) groups is 1. The molecule has 2 heterocycles. The number of fused-ring (bicyclic) bond motifs is 1. The lowest BCUT2D eigenvalue weighted by atomic mass is 9.99. The summed E-state index contributed by atoms with van der Waals surface area (Å²) in [5, 5.41) is 66.5. The van der Waals surface area contributed by atoms with Gasteiger partial charge in [0, 0.05) is 96.6 Å². The Bertz CT molecular complexity index is 5070. The van der Waals surface area contributed by atoms with Crippen molar-refractivity contribution in [1.29, 1.82) is 0 Å². The molecule has 8 rings (SSSR count). The molecule has 0 spiro atoms. The van der Waals surface area contributed by atoms with Crippen molar-refractivity contribution in [1.82, 2.24) is 77.3 Å². The first-order chi connectivity index (χ1) is 61.4. The van der Waals surface area contributed by atoms with Crippen LogP contribution in [0.1, 0.15) is 93.2 Å². The molecule has 1 aliphatic rings. The molecule has 1 aromatic heterocycles. The second-order valence-electron chi connectivity index (χ2n) is 32.6. The van der Waals surface area contributed by atoms with E-state index in [4.69, 9.17) is 5.73 Å². The maximum atomic E-state index is 15.5. The molecule has 12 atom stereocenters. The smallest absolute Gasteiger partial charge is 0.305 e. The Morgan fingerprint density at radius 3 is 1.44 bits per heavy atom. The van der Waals surface area contributed by atoms with Crippen LogP contribution in [0.5, 0.6) is 11.5 Å². The van der Waals surface area contributed by atoms with Gasteiger partial charge in [0.15, 0.2) is 0 Å². The highest BCUT2D eigenvalue weighted by atomic mass is 32.2. The Morgan fingerprint density at radius 2 is 0.907 bits per heavy atom. The lowest BCUT2D eigenvalue weighted by Crippen LogP contribution is -2.62. The number of aromatic nitrogens is 1. The van der Waals surface area contributed by atoms with Gasteiger partial charge in [0.2, 0.25) is 88.6 Å². The van der Waals surface area contributed by atoms with Crippen LogP contribution in [0, 0.1) is 5.92 Å². The van der Waals surface area contributed by atoms with Gasteiger partial charge >= 0.3 is 5.97 Å². The summed E-state index contributed by atoms with van der Waals surface area (Å²) < 4.78 is 0. The van der Waals surface area contributed by atoms with E-state index in [1.807, 2.05) is 6.92 Å². The maximum absolute atomic E-state index is 15.5. The van der Waals surface area contributed by atoms with Gasteiger partial charge in [0.25, 0.3) is 0 Å². The van der Waals surface area contributed by atoms with E-state index in [1.165, 1.54) is 83.8 Å². The first-order valence-corrected chi connectivity index (χ1v) is 43.5. The zero-order valence-corrected chi connectivity index (χ0v) is 74.3. The maximum Gasteiger partial charge on any atom is 0.305 e. The van der Waals surface area contributed by atoms with E-state index in [0.717, 1.165) is 43.2 Å². The number of phenolic OH excluding ortho intramolecular Hbond substituents is 2. The van der Waals surface area contributed by atoms with Crippen LogP contribution >= 0.6 is 11.8 Å². The molecule has 36 nitrogen and oxygen atoms in total. The number of carbonyl (C=O) groups is 16. The van der Waals surface area contributed by atoms with Gasteiger partial charge in [0.1, 0.15) is 78.0 Å². The number of benzene rings is 6. The zero-order chi connectivity index (χ0) is 94.3. The molecule has 0 saturated carbocycles. The number of H-pyrrole nitrogens is 1. The number of carboxylic acids is 1. The number of unbranched alkanes of at least 4 members (excludes halogenated alkanes) is 1. The molecule has 1 fully saturated rings. The molecule has 15 amide bonds. The molecular weight excluding hydrogens is 1680 g/mol. The van der Waals surface area contributed by atoms with Gasteiger partial charge < -0.3 is 103 Å². The second kappa shape index (κ2) is 48.8. The predicted octanol–water partition coefficient (Wildman–Crippen LogP) is 1.05. The zero-order valence-electron chi connectivity index (χ0n) is 73.5. The van der Waals surface area contributed by atoms with E-state index in [2.05, 4.69) is 52.8 Å². The van der Waals surface area contributed by atoms with Crippen molar-refractivity contribution in [3.05, 3.63) is 203 Å². The molecule has 37 heteroatoms. The number of aromatic amines is 1. The number of phenols is 2. The van der Waals surface area contributed by atoms with Crippen molar-refractivity contribution in [3.63, 3.8) is 0 Å². The van der Waals surface area contributed by atoms with Gasteiger partial charge in [-0.2, -0.15) is 0 Å². The average Bonchev–Trinajstić information content (AvgIpc) is 1.50. The molecule has 16 N–H and O–H groups in total. The van der Waals surface area contributed by atoms with Crippen molar-refractivity contribution in [2.24, 2.45) is 11.7 Å². The van der Waals surface area contributed by atoms with E-state index in [-0.39, 0.29) is 68.8 Å². The minimum Gasteiger partial charge on any atom is -0.508 e. The van der Waals surface area contributed by atoms with Gasteiger partial charge in [-0.15, -0.1) is 11.8 Å². The topological polar surface area (TPSA) is 520 Å². The number of para-hydroxylation sites is 1. The summed E-state index contributed by atoms with van der Waals surface area (Å²) in [7, 11) is 6.33.